The van der Waals surface area contributed by atoms with E-state index in [4.69, 9.17) is 23.2 Å². The molecule has 0 radical (unpaired) electrons. The van der Waals surface area contributed by atoms with E-state index in [9.17, 15) is 13.2 Å². The first-order valence-electron chi connectivity index (χ1n) is 8.45. The van der Waals surface area contributed by atoms with E-state index >= 15 is 0 Å². The summed E-state index contributed by atoms with van der Waals surface area (Å²) in [6.45, 7) is 1.98. The molecule has 0 saturated carbocycles. The summed E-state index contributed by atoms with van der Waals surface area (Å²) in [5.41, 5.74) is 1.44. The highest BCUT2D eigenvalue weighted by Gasteiger charge is 2.29. The highest BCUT2D eigenvalue weighted by molar-refractivity contribution is 7.92. The summed E-state index contributed by atoms with van der Waals surface area (Å²) in [4.78, 5) is 12.5. The zero-order valence-corrected chi connectivity index (χ0v) is 17.5. The number of carbonyl (C=O) groups is 1. The Labute approximate surface area is 170 Å². The van der Waals surface area contributed by atoms with E-state index in [0.29, 0.717) is 16.6 Å². The maximum atomic E-state index is 12.5. The van der Waals surface area contributed by atoms with Crippen molar-refractivity contribution in [2.24, 2.45) is 0 Å². The molecule has 8 heteroatoms. The Balaban J connectivity index is 2.04. The van der Waals surface area contributed by atoms with Gasteiger partial charge in [0.1, 0.15) is 6.04 Å². The summed E-state index contributed by atoms with van der Waals surface area (Å²) in [6, 6.07) is 13.4. The molecule has 2 aromatic rings. The van der Waals surface area contributed by atoms with Crippen molar-refractivity contribution in [2.45, 2.75) is 25.8 Å². The zero-order chi connectivity index (χ0) is 20.0. The van der Waals surface area contributed by atoms with Crippen molar-refractivity contribution >= 4 is 44.8 Å². The van der Waals surface area contributed by atoms with Gasteiger partial charge in [-0.15, -0.1) is 0 Å². The highest BCUT2D eigenvalue weighted by atomic mass is 35.5. The molecule has 0 aromatic heterocycles. The first-order valence-corrected chi connectivity index (χ1v) is 11.1. The summed E-state index contributed by atoms with van der Waals surface area (Å²) in [5, 5.41) is 3.38. The van der Waals surface area contributed by atoms with Gasteiger partial charge in [-0.05, 0) is 43.5 Å². The number of halogens is 2. The average Bonchev–Trinajstić information content (AvgIpc) is 2.57. The van der Waals surface area contributed by atoms with Gasteiger partial charge in [-0.1, -0.05) is 53.5 Å². The Bertz CT molecular complexity index is 869. The number of hydrogen-bond donors (Lipinski definition) is 1. The van der Waals surface area contributed by atoms with Crippen LogP contribution in [0.25, 0.3) is 0 Å². The third kappa shape index (κ3) is 6.41. The molecule has 0 bridgehead atoms. The molecular formula is C19H22Cl2N2O3S. The molecule has 1 atom stereocenters. The van der Waals surface area contributed by atoms with Crippen molar-refractivity contribution in [1.82, 2.24) is 5.32 Å². The van der Waals surface area contributed by atoms with Crippen LogP contribution >= 0.6 is 23.2 Å². The Morgan fingerprint density at radius 1 is 1.11 bits per heavy atom. The molecule has 5 nitrogen and oxygen atoms in total. The molecule has 0 aliphatic heterocycles. The van der Waals surface area contributed by atoms with Crippen LogP contribution in [-0.2, 0) is 21.2 Å². The molecule has 0 aliphatic carbocycles. The van der Waals surface area contributed by atoms with Crippen molar-refractivity contribution < 1.29 is 13.2 Å². The summed E-state index contributed by atoms with van der Waals surface area (Å²) >= 11 is 12.0. The van der Waals surface area contributed by atoms with Crippen LogP contribution in [0.5, 0.6) is 0 Å². The lowest BCUT2D eigenvalue weighted by atomic mass is 10.1. The van der Waals surface area contributed by atoms with Gasteiger partial charge in [-0.2, -0.15) is 0 Å². The number of amides is 1. The van der Waals surface area contributed by atoms with Gasteiger partial charge >= 0.3 is 0 Å². The Hall–Kier alpha value is -1.76. The van der Waals surface area contributed by atoms with Crippen LogP contribution in [0.3, 0.4) is 0 Å². The van der Waals surface area contributed by atoms with Gasteiger partial charge < -0.3 is 5.32 Å². The van der Waals surface area contributed by atoms with E-state index in [0.717, 1.165) is 23.4 Å². The molecule has 1 N–H and O–H groups in total. The Morgan fingerprint density at radius 3 is 2.26 bits per heavy atom. The monoisotopic (exact) mass is 428 g/mol. The van der Waals surface area contributed by atoms with Crippen molar-refractivity contribution in [3.05, 3.63) is 64.1 Å². The number of sulfonamides is 1. The normalized spacial score (nSPS) is 12.4. The van der Waals surface area contributed by atoms with Crippen LogP contribution in [0.15, 0.2) is 48.5 Å². The van der Waals surface area contributed by atoms with Gasteiger partial charge in [-0.3, -0.25) is 9.10 Å². The minimum atomic E-state index is -3.71. The lowest BCUT2D eigenvalue weighted by Gasteiger charge is -2.28. The van der Waals surface area contributed by atoms with E-state index in [2.05, 4.69) is 5.32 Å². The predicted octanol–water partition coefficient (Wildman–Crippen LogP) is 3.90. The molecule has 146 valence electrons. The fourth-order valence-electron chi connectivity index (χ4n) is 2.77. The summed E-state index contributed by atoms with van der Waals surface area (Å²) in [5.74, 6) is -0.385. The second-order valence-electron chi connectivity index (χ2n) is 6.24. The largest absolute Gasteiger partial charge is 0.354 e. The fraction of sp³-hybridized carbons (Fsp3) is 0.316. The number of nitrogens with zero attached hydrogens (tertiary/aromatic N) is 1. The van der Waals surface area contributed by atoms with Gasteiger partial charge in [0.25, 0.3) is 0 Å². The lowest BCUT2D eigenvalue weighted by molar-refractivity contribution is -0.121. The number of rotatable bonds is 8. The molecule has 0 aliphatic rings. The second kappa shape index (κ2) is 9.44. The van der Waals surface area contributed by atoms with E-state index < -0.39 is 16.1 Å². The minimum Gasteiger partial charge on any atom is -0.354 e. The van der Waals surface area contributed by atoms with Crippen LogP contribution < -0.4 is 9.62 Å². The molecule has 1 amide bonds. The molecule has 0 unspecified atom stereocenters. The highest BCUT2D eigenvalue weighted by Crippen LogP contribution is 2.28. The van der Waals surface area contributed by atoms with Crippen LogP contribution in [0.4, 0.5) is 5.69 Å². The summed E-state index contributed by atoms with van der Waals surface area (Å²) in [6.07, 6.45) is 2.63. The fourth-order valence-corrected chi connectivity index (χ4v) is 4.44. The molecule has 0 spiro atoms. The van der Waals surface area contributed by atoms with Gasteiger partial charge in [0.2, 0.25) is 15.9 Å². The van der Waals surface area contributed by atoms with Crippen LogP contribution in [0.2, 0.25) is 10.0 Å². The Morgan fingerprint density at radius 2 is 1.70 bits per heavy atom. The maximum Gasteiger partial charge on any atom is 0.243 e. The third-order valence-corrected chi connectivity index (χ3v) is 5.65. The first kappa shape index (κ1) is 21.5. The summed E-state index contributed by atoms with van der Waals surface area (Å²) < 4.78 is 25.6. The lowest BCUT2D eigenvalue weighted by Crippen LogP contribution is -2.48. The quantitative estimate of drug-likeness (QED) is 0.648. The number of anilines is 1. The number of carbonyl (C=O) groups excluding carboxylic acids is 1. The van der Waals surface area contributed by atoms with Gasteiger partial charge in [0.05, 0.1) is 11.9 Å². The summed E-state index contributed by atoms with van der Waals surface area (Å²) in [7, 11) is -3.71. The molecular weight excluding hydrogens is 407 g/mol. The van der Waals surface area contributed by atoms with Crippen molar-refractivity contribution in [1.29, 1.82) is 0 Å². The zero-order valence-electron chi connectivity index (χ0n) is 15.2. The van der Waals surface area contributed by atoms with E-state index in [1.165, 1.54) is 30.7 Å². The molecule has 2 rings (SSSR count). The Kier molecular flexibility index (Phi) is 7.53. The van der Waals surface area contributed by atoms with Crippen LogP contribution in [-0.4, -0.2) is 33.2 Å². The molecule has 2 aromatic carbocycles. The maximum absolute atomic E-state index is 12.5. The SMILES string of the molecule is C[C@@H](C(=O)NCCCc1ccccc1)N(c1cc(Cl)cc(Cl)c1)S(C)(=O)=O. The number of hydrogen-bond acceptors (Lipinski definition) is 3. The average molecular weight is 429 g/mol. The van der Waals surface area contributed by atoms with Gasteiger partial charge in [0, 0.05) is 16.6 Å². The minimum absolute atomic E-state index is 0.252. The number of benzene rings is 2. The van der Waals surface area contributed by atoms with Crippen LogP contribution in [0.1, 0.15) is 18.9 Å². The van der Waals surface area contributed by atoms with Gasteiger partial charge in [-0.25, -0.2) is 8.42 Å². The number of aryl methyl sites for hydroxylation is 1. The molecule has 27 heavy (non-hydrogen) atoms. The first-order chi connectivity index (χ1) is 12.7. The third-order valence-electron chi connectivity index (χ3n) is 3.97. The molecule has 0 saturated heterocycles. The standard InChI is InChI=1S/C19H22Cl2N2O3S/c1-14(19(24)22-10-6-9-15-7-4-3-5-8-15)23(27(2,25)26)18-12-16(20)11-17(21)13-18/h3-5,7-8,11-14H,6,9-10H2,1-2H3,(H,22,24)/t14-/m0/s1. The number of nitrogens with one attached hydrogen (secondary N) is 1. The van der Waals surface area contributed by atoms with Gasteiger partial charge in [0.15, 0.2) is 0 Å². The van der Waals surface area contributed by atoms with E-state index in [1.807, 2.05) is 30.3 Å². The van der Waals surface area contributed by atoms with Crippen molar-refractivity contribution in [2.75, 3.05) is 17.1 Å². The topological polar surface area (TPSA) is 66.5 Å². The molecule has 0 heterocycles. The van der Waals surface area contributed by atoms with E-state index in [1.54, 1.807) is 0 Å². The van der Waals surface area contributed by atoms with E-state index in [-0.39, 0.29) is 11.6 Å². The van der Waals surface area contributed by atoms with Crippen molar-refractivity contribution in [3.63, 3.8) is 0 Å². The second-order valence-corrected chi connectivity index (χ2v) is 8.97. The van der Waals surface area contributed by atoms with Crippen LogP contribution in [0, 0.1) is 0 Å². The predicted molar refractivity (Wildman–Crippen MR) is 111 cm³/mol. The smallest absolute Gasteiger partial charge is 0.243 e. The van der Waals surface area contributed by atoms with Crippen molar-refractivity contribution in [3.8, 4) is 0 Å². The molecule has 0 fully saturated rings.